The molecule has 1 N–H and O–H groups in total. The van der Waals surface area contributed by atoms with Crippen molar-refractivity contribution in [3.63, 3.8) is 0 Å². The molecule has 1 aliphatic heterocycles. The normalized spacial score (nSPS) is 14.3. The van der Waals surface area contributed by atoms with Crippen molar-refractivity contribution in [1.82, 2.24) is 10.2 Å². The van der Waals surface area contributed by atoms with E-state index in [4.69, 9.17) is 0 Å². The number of amides is 1. The summed E-state index contributed by atoms with van der Waals surface area (Å²) in [6.07, 6.45) is 2.98. The standard InChI is InChI=1S/C22H24N4OS2/c1-16(20(27)26-15-7-11-18-10-5-6-12-19(18)26)28-22-25-24-21(29-22)23-14-13-17-8-3-2-4-9-17/h2-6,8-10,12,16H,7,11,13-15H2,1H3,(H,23,24). The van der Waals surface area contributed by atoms with Gasteiger partial charge in [0.05, 0.1) is 5.25 Å². The van der Waals surface area contributed by atoms with Gasteiger partial charge in [-0.25, -0.2) is 0 Å². The SMILES string of the molecule is CC(Sc1nnc(NCCc2ccccc2)s1)C(=O)N1CCCc2ccccc21. The van der Waals surface area contributed by atoms with Gasteiger partial charge in [0.2, 0.25) is 11.0 Å². The molecular formula is C22H24N4OS2. The van der Waals surface area contributed by atoms with Crippen molar-refractivity contribution < 1.29 is 4.79 Å². The van der Waals surface area contributed by atoms with E-state index < -0.39 is 0 Å². The molecule has 0 saturated heterocycles. The molecule has 3 aromatic rings. The summed E-state index contributed by atoms with van der Waals surface area (Å²) < 4.78 is 0.818. The molecule has 2 heterocycles. The Bertz CT molecular complexity index is 960. The van der Waals surface area contributed by atoms with Crippen LogP contribution in [0, 0.1) is 0 Å². The average Bonchev–Trinajstić information content (AvgIpc) is 3.20. The quantitative estimate of drug-likeness (QED) is 0.560. The molecule has 1 amide bonds. The van der Waals surface area contributed by atoms with Crippen molar-refractivity contribution in [3.05, 3.63) is 65.7 Å². The van der Waals surface area contributed by atoms with Crippen molar-refractivity contribution in [2.45, 2.75) is 35.8 Å². The van der Waals surface area contributed by atoms with E-state index in [1.54, 1.807) is 0 Å². The summed E-state index contributed by atoms with van der Waals surface area (Å²) in [5.74, 6) is 0.135. The van der Waals surface area contributed by atoms with Gasteiger partial charge in [0.25, 0.3) is 0 Å². The third-order valence-corrected chi connectivity index (χ3v) is 6.99. The smallest absolute Gasteiger partial charge is 0.240 e. The molecule has 5 nitrogen and oxygen atoms in total. The summed E-state index contributed by atoms with van der Waals surface area (Å²) in [6.45, 7) is 3.54. The Morgan fingerprint density at radius 3 is 2.83 bits per heavy atom. The lowest BCUT2D eigenvalue weighted by Crippen LogP contribution is -2.40. The monoisotopic (exact) mass is 424 g/mol. The van der Waals surface area contributed by atoms with E-state index in [0.717, 1.165) is 47.5 Å². The van der Waals surface area contributed by atoms with Crippen LogP contribution in [0.3, 0.4) is 0 Å². The number of nitrogens with one attached hydrogen (secondary N) is 1. The molecule has 0 aliphatic carbocycles. The predicted molar refractivity (Wildman–Crippen MR) is 121 cm³/mol. The number of fused-ring (bicyclic) bond motifs is 1. The summed E-state index contributed by atoms with van der Waals surface area (Å²) in [5.41, 5.74) is 3.60. The van der Waals surface area contributed by atoms with E-state index in [1.807, 2.05) is 48.2 Å². The fourth-order valence-corrected chi connectivity index (χ4v) is 5.45. The van der Waals surface area contributed by atoms with E-state index >= 15 is 0 Å². The lowest BCUT2D eigenvalue weighted by molar-refractivity contribution is -0.117. The first-order valence-electron chi connectivity index (χ1n) is 9.88. The van der Waals surface area contributed by atoms with Crippen LogP contribution in [0.5, 0.6) is 0 Å². The molecule has 1 aromatic heterocycles. The Morgan fingerprint density at radius 2 is 1.97 bits per heavy atom. The molecule has 2 aromatic carbocycles. The highest BCUT2D eigenvalue weighted by atomic mass is 32.2. The zero-order valence-electron chi connectivity index (χ0n) is 16.4. The fraction of sp³-hybridized carbons (Fsp3) is 0.318. The number of hydrogen-bond acceptors (Lipinski definition) is 6. The Balaban J connectivity index is 1.32. The van der Waals surface area contributed by atoms with E-state index in [-0.39, 0.29) is 11.2 Å². The molecule has 4 rings (SSSR count). The van der Waals surface area contributed by atoms with Gasteiger partial charge in [-0.2, -0.15) is 0 Å². The minimum absolute atomic E-state index is 0.135. The van der Waals surface area contributed by atoms with Gasteiger partial charge in [0, 0.05) is 18.8 Å². The number of rotatable bonds is 7. The highest BCUT2D eigenvalue weighted by Gasteiger charge is 2.27. The van der Waals surface area contributed by atoms with Crippen LogP contribution in [0.25, 0.3) is 0 Å². The van der Waals surface area contributed by atoms with Crippen molar-refractivity contribution in [3.8, 4) is 0 Å². The van der Waals surface area contributed by atoms with Gasteiger partial charge in [0.15, 0.2) is 4.34 Å². The molecule has 0 radical (unpaired) electrons. The first-order valence-corrected chi connectivity index (χ1v) is 11.6. The van der Waals surface area contributed by atoms with E-state index in [0.29, 0.717) is 0 Å². The molecule has 0 bridgehead atoms. The second-order valence-electron chi connectivity index (χ2n) is 7.02. The summed E-state index contributed by atoms with van der Waals surface area (Å²) in [5, 5.41) is 12.4. The summed E-state index contributed by atoms with van der Waals surface area (Å²) in [7, 11) is 0. The van der Waals surface area contributed by atoms with Crippen LogP contribution in [-0.4, -0.2) is 34.4 Å². The Labute approximate surface area is 179 Å². The lowest BCUT2D eigenvalue weighted by atomic mass is 10.0. The molecule has 1 atom stereocenters. The van der Waals surface area contributed by atoms with Crippen LogP contribution in [-0.2, 0) is 17.6 Å². The Kier molecular flexibility index (Phi) is 6.46. The topological polar surface area (TPSA) is 58.1 Å². The van der Waals surface area contributed by atoms with Crippen LogP contribution in [0.4, 0.5) is 10.8 Å². The maximum absolute atomic E-state index is 13.0. The van der Waals surface area contributed by atoms with E-state index in [1.165, 1.54) is 34.2 Å². The van der Waals surface area contributed by atoms with E-state index in [9.17, 15) is 4.79 Å². The Morgan fingerprint density at radius 1 is 1.17 bits per heavy atom. The second kappa shape index (κ2) is 9.41. The molecular weight excluding hydrogens is 400 g/mol. The fourth-order valence-electron chi connectivity index (χ4n) is 3.47. The third kappa shape index (κ3) is 4.97. The zero-order chi connectivity index (χ0) is 20.1. The van der Waals surface area contributed by atoms with Crippen LogP contribution in [0.1, 0.15) is 24.5 Å². The number of para-hydroxylation sites is 1. The van der Waals surface area contributed by atoms with Gasteiger partial charge >= 0.3 is 0 Å². The van der Waals surface area contributed by atoms with Gasteiger partial charge in [0.1, 0.15) is 0 Å². The Hall–Kier alpha value is -2.38. The summed E-state index contributed by atoms with van der Waals surface area (Å²) in [4.78, 5) is 15.0. The predicted octanol–water partition coefficient (Wildman–Crippen LogP) is 4.65. The molecule has 7 heteroatoms. The van der Waals surface area contributed by atoms with Crippen molar-refractivity contribution in [2.75, 3.05) is 23.3 Å². The number of aromatic nitrogens is 2. The number of aryl methyl sites for hydroxylation is 1. The molecule has 1 unspecified atom stereocenters. The minimum atomic E-state index is -0.203. The third-order valence-electron chi connectivity index (χ3n) is 4.94. The van der Waals surface area contributed by atoms with Crippen LogP contribution < -0.4 is 10.2 Å². The van der Waals surface area contributed by atoms with E-state index in [2.05, 4.69) is 33.7 Å². The van der Waals surface area contributed by atoms with Gasteiger partial charge in [-0.15, -0.1) is 10.2 Å². The van der Waals surface area contributed by atoms with Gasteiger partial charge in [-0.05, 0) is 43.4 Å². The molecule has 1 aliphatic rings. The zero-order valence-corrected chi connectivity index (χ0v) is 18.0. The second-order valence-corrected chi connectivity index (χ2v) is 9.58. The number of nitrogens with zero attached hydrogens (tertiary/aromatic N) is 3. The summed E-state index contributed by atoms with van der Waals surface area (Å²) in [6, 6.07) is 18.6. The minimum Gasteiger partial charge on any atom is -0.360 e. The highest BCUT2D eigenvalue weighted by Crippen LogP contribution is 2.33. The molecule has 150 valence electrons. The number of thioether (sulfide) groups is 1. The van der Waals surface area contributed by atoms with Crippen molar-refractivity contribution >= 4 is 39.8 Å². The number of benzene rings is 2. The van der Waals surface area contributed by atoms with Crippen LogP contribution in [0.2, 0.25) is 0 Å². The van der Waals surface area contributed by atoms with Gasteiger partial charge in [-0.3, -0.25) is 4.79 Å². The van der Waals surface area contributed by atoms with Gasteiger partial charge < -0.3 is 10.2 Å². The number of carbonyl (C=O) groups excluding carboxylic acids is 1. The first kappa shape index (κ1) is 19.9. The van der Waals surface area contributed by atoms with Crippen LogP contribution in [0.15, 0.2) is 58.9 Å². The maximum atomic E-state index is 13.0. The number of hydrogen-bond donors (Lipinski definition) is 1. The summed E-state index contributed by atoms with van der Waals surface area (Å²) >= 11 is 2.99. The van der Waals surface area contributed by atoms with Crippen molar-refractivity contribution in [2.24, 2.45) is 0 Å². The number of carbonyl (C=O) groups is 1. The largest absolute Gasteiger partial charge is 0.360 e. The average molecular weight is 425 g/mol. The van der Waals surface area contributed by atoms with Crippen LogP contribution >= 0.6 is 23.1 Å². The first-order chi connectivity index (χ1) is 14.2. The van der Waals surface area contributed by atoms with Gasteiger partial charge in [-0.1, -0.05) is 71.6 Å². The van der Waals surface area contributed by atoms with Crippen molar-refractivity contribution in [1.29, 1.82) is 0 Å². The molecule has 0 spiro atoms. The molecule has 29 heavy (non-hydrogen) atoms. The maximum Gasteiger partial charge on any atom is 0.240 e. The lowest BCUT2D eigenvalue weighted by Gasteiger charge is -2.31. The number of anilines is 2. The molecule has 0 saturated carbocycles. The molecule has 0 fully saturated rings. The highest BCUT2D eigenvalue weighted by molar-refractivity contribution is 8.02.